The molecule has 2 rings (SSSR count). The number of nitrogens with zero attached hydrogens (tertiary/aromatic N) is 2. The van der Waals surface area contributed by atoms with E-state index in [1.54, 1.807) is 36.1 Å². The van der Waals surface area contributed by atoms with Crippen LogP contribution in [-0.2, 0) is 25.5 Å². The fourth-order valence-corrected chi connectivity index (χ4v) is 3.32. The van der Waals surface area contributed by atoms with Gasteiger partial charge in [-0.2, -0.15) is 0 Å². The molecule has 1 aromatic rings. The van der Waals surface area contributed by atoms with Gasteiger partial charge in [0.25, 0.3) is 0 Å². The predicted molar refractivity (Wildman–Crippen MR) is 104 cm³/mol. The highest BCUT2D eigenvalue weighted by molar-refractivity contribution is 5.82. The lowest BCUT2D eigenvalue weighted by molar-refractivity contribution is -0.140. The Balaban J connectivity index is 1.76. The van der Waals surface area contributed by atoms with E-state index in [0.717, 1.165) is 24.8 Å². The number of likely N-dealkylation sites (N-methyl/N-ethyl adjacent to an activating group) is 1. The normalized spacial score (nSPS) is 16.8. The van der Waals surface area contributed by atoms with Crippen molar-refractivity contribution in [3.63, 3.8) is 0 Å². The van der Waals surface area contributed by atoms with E-state index in [4.69, 9.17) is 9.47 Å². The first-order valence-corrected chi connectivity index (χ1v) is 9.85. The average molecular weight is 394 g/mol. The highest BCUT2D eigenvalue weighted by Gasteiger charge is 2.30. The van der Waals surface area contributed by atoms with Crippen LogP contribution in [0.3, 0.4) is 0 Å². The summed E-state index contributed by atoms with van der Waals surface area (Å²) in [4.78, 5) is 28.7. The number of amides is 2. The molecule has 0 N–H and O–H groups in total. The lowest BCUT2D eigenvalue weighted by Gasteiger charge is -2.34. The Bertz CT molecular complexity index is 623. The molecule has 0 saturated carbocycles. The van der Waals surface area contributed by atoms with E-state index >= 15 is 0 Å². The van der Waals surface area contributed by atoms with Gasteiger partial charge in [-0.15, -0.1) is 0 Å². The number of hydrogen-bond acceptors (Lipinski definition) is 4. The molecular formula is C21H31FN2O4. The van der Waals surface area contributed by atoms with Crippen molar-refractivity contribution in [1.29, 1.82) is 0 Å². The van der Waals surface area contributed by atoms with E-state index in [2.05, 4.69) is 0 Å². The molecule has 156 valence electrons. The van der Waals surface area contributed by atoms with Crippen molar-refractivity contribution < 1.29 is 23.5 Å². The first-order valence-electron chi connectivity index (χ1n) is 9.85. The molecule has 0 bridgehead atoms. The van der Waals surface area contributed by atoms with Crippen molar-refractivity contribution in [3.05, 3.63) is 35.6 Å². The SMILES string of the molecule is COCCCOCCN(C)C(=O)[C@H]1CCCN(C(=O)Cc2ccc(F)cc2)C1. The van der Waals surface area contributed by atoms with Gasteiger partial charge in [0.2, 0.25) is 11.8 Å². The standard InChI is InChI=1S/C21H31FN2O4/c1-23(11-14-28-13-4-12-27-2)21(26)18-5-3-10-24(16-18)20(25)15-17-6-8-19(22)9-7-17/h6-9,18H,3-5,10-16H2,1-2H3/t18-/m0/s1. The van der Waals surface area contributed by atoms with Crippen LogP contribution >= 0.6 is 0 Å². The van der Waals surface area contributed by atoms with E-state index in [1.165, 1.54) is 12.1 Å². The van der Waals surface area contributed by atoms with Crippen molar-refractivity contribution in [1.82, 2.24) is 9.80 Å². The fraction of sp³-hybridized carbons (Fsp3) is 0.619. The number of rotatable bonds is 10. The van der Waals surface area contributed by atoms with Crippen molar-refractivity contribution in [2.75, 3.05) is 53.6 Å². The van der Waals surface area contributed by atoms with Gasteiger partial charge in [-0.05, 0) is 37.0 Å². The Morgan fingerprint density at radius 1 is 1.21 bits per heavy atom. The van der Waals surface area contributed by atoms with Gasteiger partial charge in [0.1, 0.15) is 5.82 Å². The Labute approximate surface area is 166 Å². The highest BCUT2D eigenvalue weighted by atomic mass is 19.1. The number of carbonyl (C=O) groups excluding carboxylic acids is 2. The number of ether oxygens (including phenoxy) is 2. The summed E-state index contributed by atoms with van der Waals surface area (Å²) >= 11 is 0. The Kier molecular flexibility index (Phi) is 9.37. The van der Waals surface area contributed by atoms with Gasteiger partial charge in [-0.1, -0.05) is 12.1 Å². The van der Waals surface area contributed by atoms with E-state index in [1.807, 2.05) is 0 Å². The lowest BCUT2D eigenvalue weighted by atomic mass is 9.96. The van der Waals surface area contributed by atoms with Crippen LogP contribution in [0.5, 0.6) is 0 Å². The van der Waals surface area contributed by atoms with Crippen LogP contribution in [0, 0.1) is 11.7 Å². The van der Waals surface area contributed by atoms with Gasteiger partial charge in [0.15, 0.2) is 0 Å². The second kappa shape index (κ2) is 11.8. The highest BCUT2D eigenvalue weighted by Crippen LogP contribution is 2.19. The third-order valence-corrected chi connectivity index (χ3v) is 4.98. The molecule has 1 aromatic carbocycles. The van der Waals surface area contributed by atoms with Crippen LogP contribution in [0.1, 0.15) is 24.8 Å². The van der Waals surface area contributed by atoms with Gasteiger partial charge in [-0.3, -0.25) is 9.59 Å². The second-order valence-electron chi connectivity index (χ2n) is 7.20. The monoisotopic (exact) mass is 394 g/mol. The molecule has 1 heterocycles. The molecule has 0 radical (unpaired) electrons. The number of methoxy groups -OCH3 is 1. The van der Waals surface area contributed by atoms with Crippen LogP contribution in [0.25, 0.3) is 0 Å². The molecule has 0 unspecified atom stereocenters. The predicted octanol–water partition coefficient (Wildman–Crippen LogP) is 2.12. The van der Waals surface area contributed by atoms with Crippen LogP contribution in [0.4, 0.5) is 4.39 Å². The number of hydrogen-bond donors (Lipinski definition) is 0. The number of carbonyl (C=O) groups is 2. The van der Waals surface area contributed by atoms with Gasteiger partial charge >= 0.3 is 0 Å². The van der Waals surface area contributed by atoms with Gasteiger partial charge in [0.05, 0.1) is 18.9 Å². The van der Waals surface area contributed by atoms with Crippen molar-refractivity contribution in [2.45, 2.75) is 25.7 Å². The fourth-order valence-electron chi connectivity index (χ4n) is 3.32. The number of likely N-dealkylation sites (tertiary alicyclic amines) is 1. The zero-order valence-corrected chi connectivity index (χ0v) is 16.9. The quantitative estimate of drug-likeness (QED) is 0.571. The molecule has 0 aromatic heterocycles. The molecule has 1 atom stereocenters. The second-order valence-corrected chi connectivity index (χ2v) is 7.20. The summed E-state index contributed by atoms with van der Waals surface area (Å²) in [5, 5.41) is 0. The Hall–Kier alpha value is -1.99. The number of benzene rings is 1. The molecule has 6 nitrogen and oxygen atoms in total. The minimum Gasteiger partial charge on any atom is -0.385 e. The third kappa shape index (κ3) is 7.20. The molecule has 0 spiro atoms. The number of piperidine rings is 1. The van der Waals surface area contributed by atoms with Crippen LogP contribution in [-0.4, -0.2) is 75.2 Å². The van der Waals surface area contributed by atoms with Crippen LogP contribution < -0.4 is 0 Å². The first-order chi connectivity index (χ1) is 13.5. The maximum absolute atomic E-state index is 13.0. The first kappa shape index (κ1) is 22.3. The van der Waals surface area contributed by atoms with E-state index in [-0.39, 0.29) is 30.0 Å². The van der Waals surface area contributed by atoms with Crippen LogP contribution in [0.15, 0.2) is 24.3 Å². The number of halogens is 1. The van der Waals surface area contributed by atoms with Gasteiger partial charge in [0, 0.05) is 47.0 Å². The van der Waals surface area contributed by atoms with Crippen LogP contribution in [0.2, 0.25) is 0 Å². The maximum Gasteiger partial charge on any atom is 0.227 e. The summed E-state index contributed by atoms with van der Waals surface area (Å²) in [6.45, 7) is 3.41. The van der Waals surface area contributed by atoms with Crippen molar-refractivity contribution in [3.8, 4) is 0 Å². The van der Waals surface area contributed by atoms with Gasteiger partial charge in [-0.25, -0.2) is 4.39 Å². The lowest BCUT2D eigenvalue weighted by Crippen LogP contribution is -2.46. The molecule has 7 heteroatoms. The largest absolute Gasteiger partial charge is 0.385 e. The maximum atomic E-state index is 13.0. The molecule has 1 fully saturated rings. The topological polar surface area (TPSA) is 59.1 Å². The molecule has 1 saturated heterocycles. The summed E-state index contributed by atoms with van der Waals surface area (Å²) in [6.07, 6.45) is 2.67. The smallest absolute Gasteiger partial charge is 0.227 e. The van der Waals surface area contributed by atoms with Gasteiger partial charge < -0.3 is 19.3 Å². The molecular weight excluding hydrogens is 363 g/mol. The average Bonchev–Trinajstić information content (AvgIpc) is 2.71. The van der Waals surface area contributed by atoms with E-state index < -0.39 is 0 Å². The molecule has 0 aliphatic carbocycles. The third-order valence-electron chi connectivity index (χ3n) is 4.98. The summed E-state index contributed by atoms with van der Waals surface area (Å²) < 4.78 is 23.5. The summed E-state index contributed by atoms with van der Waals surface area (Å²) in [7, 11) is 3.43. The Morgan fingerprint density at radius 2 is 1.96 bits per heavy atom. The Morgan fingerprint density at radius 3 is 2.68 bits per heavy atom. The summed E-state index contributed by atoms with van der Waals surface area (Å²) in [5.41, 5.74) is 0.780. The minimum absolute atomic E-state index is 0.0202. The summed E-state index contributed by atoms with van der Waals surface area (Å²) in [6, 6.07) is 5.97. The molecule has 1 aliphatic rings. The molecule has 2 amide bonds. The van der Waals surface area contributed by atoms with E-state index in [0.29, 0.717) is 39.5 Å². The molecule has 28 heavy (non-hydrogen) atoms. The molecule has 1 aliphatic heterocycles. The summed E-state index contributed by atoms with van der Waals surface area (Å²) in [5.74, 6) is -0.456. The zero-order valence-electron chi connectivity index (χ0n) is 16.9. The minimum atomic E-state index is -0.314. The van der Waals surface area contributed by atoms with Crippen molar-refractivity contribution in [2.24, 2.45) is 5.92 Å². The van der Waals surface area contributed by atoms with Crippen molar-refractivity contribution >= 4 is 11.8 Å². The zero-order chi connectivity index (χ0) is 20.4. The van der Waals surface area contributed by atoms with E-state index in [9.17, 15) is 14.0 Å².